The van der Waals surface area contributed by atoms with Crippen LogP contribution in [0.4, 0.5) is 0 Å². The van der Waals surface area contributed by atoms with E-state index in [1.54, 1.807) is 0 Å². The van der Waals surface area contributed by atoms with Crippen LogP contribution in [-0.2, 0) is 0 Å². The molecule has 4 rings (SSSR count). The molecule has 0 aromatic heterocycles. The monoisotopic (exact) mass is 315 g/mol. The summed E-state index contributed by atoms with van der Waals surface area (Å²) in [6, 6.07) is 2.46. The second-order valence-electron chi connectivity index (χ2n) is 8.89. The van der Waals surface area contributed by atoms with E-state index < -0.39 is 0 Å². The molecule has 0 aromatic rings. The van der Waals surface area contributed by atoms with E-state index in [1.807, 2.05) is 0 Å². The zero-order valence-electron chi connectivity index (χ0n) is 14.2. The summed E-state index contributed by atoms with van der Waals surface area (Å²) in [5.41, 5.74) is 1.13. The summed E-state index contributed by atoms with van der Waals surface area (Å²) in [6.45, 7) is 2.59. The van der Waals surface area contributed by atoms with Crippen molar-refractivity contribution in [2.45, 2.75) is 64.4 Å². The number of fused-ring (bicyclic) bond motifs is 5. The molecule has 7 atom stereocenters. The molecule has 5 unspecified atom stereocenters. The molecule has 0 heterocycles. The van der Waals surface area contributed by atoms with E-state index >= 15 is 0 Å². The number of nitriles is 1. The largest absolute Gasteiger partial charge is 0.396 e. The average molecular weight is 315 g/mol. The van der Waals surface area contributed by atoms with Crippen molar-refractivity contribution in [3.63, 3.8) is 0 Å². The molecule has 23 heavy (non-hydrogen) atoms. The van der Waals surface area contributed by atoms with E-state index in [0.29, 0.717) is 23.7 Å². The fraction of sp³-hybridized carbons (Fsp3) is 0.850. The summed E-state index contributed by atoms with van der Waals surface area (Å²) in [5, 5.41) is 29.9. The van der Waals surface area contributed by atoms with Gasteiger partial charge in [0, 0.05) is 17.6 Å². The first-order valence-corrected chi connectivity index (χ1v) is 9.45. The zero-order chi connectivity index (χ0) is 16.2. The van der Waals surface area contributed by atoms with Gasteiger partial charge in [0.25, 0.3) is 0 Å². The summed E-state index contributed by atoms with van der Waals surface area (Å²) < 4.78 is 0. The van der Waals surface area contributed by atoms with E-state index in [1.165, 1.54) is 6.42 Å². The fourth-order valence-corrected chi connectivity index (χ4v) is 7.08. The minimum atomic E-state index is -0.163. The van der Waals surface area contributed by atoms with Crippen molar-refractivity contribution in [2.24, 2.45) is 34.5 Å². The molecule has 3 fully saturated rings. The van der Waals surface area contributed by atoms with E-state index in [-0.39, 0.29) is 23.5 Å². The number of nitrogens with zero attached hydrogens (tertiary/aromatic N) is 1. The van der Waals surface area contributed by atoms with Gasteiger partial charge in [0.2, 0.25) is 0 Å². The first-order valence-electron chi connectivity index (χ1n) is 9.45. The molecule has 3 saturated carbocycles. The summed E-state index contributed by atoms with van der Waals surface area (Å²) in [6.07, 6.45) is 10.4. The molecule has 3 nitrogen and oxygen atoms in total. The Morgan fingerprint density at radius 2 is 2.04 bits per heavy atom. The smallest absolute Gasteiger partial charge is 0.0949 e. The highest BCUT2D eigenvalue weighted by molar-refractivity contribution is 5.35. The minimum Gasteiger partial charge on any atom is -0.396 e. The third-order valence-electron chi connectivity index (χ3n) is 8.33. The van der Waals surface area contributed by atoms with Crippen LogP contribution in [0.5, 0.6) is 0 Å². The van der Waals surface area contributed by atoms with Gasteiger partial charge < -0.3 is 10.2 Å². The minimum absolute atomic E-state index is 0.0405. The zero-order valence-corrected chi connectivity index (χ0v) is 14.2. The lowest BCUT2D eigenvalue weighted by Gasteiger charge is -2.61. The van der Waals surface area contributed by atoms with Crippen LogP contribution < -0.4 is 0 Å². The number of allylic oxidation sites excluding steroid dienone is 2. The molecule has 0 saturated heterocycles. The van der Waals surface area contributed by atoms with Crippen molar-refractivity contribution in [1.82, 2.24) is 0 Å². The maximum absolute atomic E-state index is 10.4. The van der Waals surface area contributed by atoms with Gasteiger partial charge >= 0.3 is 0 Å². The van der Waals surface area contributed by atoms with Gasteiger partial charge in [-0.05, 0) is 80.5 Å². The van der Waals surface area contributed by atoms with Crippen LogP contribution >= 0.6 is 0 Å². The third-order valence-corrected chi connectivity index (χ3v) is 8.33. The van der Waals surface area contributed by atoms with Crippen LogP contribution in [0.15, 0.2) is 11.6 Å². The molecule has 0 aromatic carbocycles. The molecule has 0 spiro atoms. The first kappa shape index (κ1) is 15.7. The Hall–Kier alpha value is -0.850. The number of rotatable bonds is 1. The normalized spacial score (nSPS) is 51.9. The van der Waals surface area contributed by atoms with Gasteiger partial charge in [-0.3, -0.25) is 0 Å². The third kappa shape index (κ3) is 2.01. The summed E-state index contributed by atoms with van der Waals surface area (Å²) in [7, 11) is 0. The Morgan fingerprint density at radius 1 is 1.22 bits per heavy atom. The molecule has 2 N–H and O–H groups in total. The van der Waals surface area contributed by atoms with Crippen molar-refractivity contribution in [3.05, 3.63) is 11.6 Å². The van der Waals surface area contributed by atoms with Gasteiger partial charge in [-0.2, -0.15) is 5.26 Å². The van der Waals surface area contributed by atoms with Crippen LogP contribution in [0.1, 0.15) is 58.3 Å². The van der Waals surface area contributed by atoms with Crippen LogP contribution in [0.2, 0.25) is 0 Å². The topological polar surface area (TPSA) is 64.2 Å². The van der Waals surface area contributed by atoms with Gasteiger partial charge in [-0.1, -0.05) is 13.0 Å². The summed E-state index contributed by atoms with van der Waals surface area (Å²) >= 11 is 0. The molecule has 3 heteroatoms. The van der Waals surface area contributed by atoms with Gasteiger partial charge in [-0.15, -0.1) is 0 Å². The number of aliphatic hydroxyl groups excluding tert-OH is 2. The Labute approximate surface area is 139 Å². The van der Waals surface area contributed by atoms with Gasteiger partial charge in [0.15, 0.2) is 0 Å². The Morgan fingerprint density at radius 3 is 2.78 bits per heavy atom. The van der Waals surface area contributed by atoms with E-state index in [9.17, 15) is 15.5 Å². The molecule has 4 aliphatic carbocycles. The molecular formula is C20H29NO2. The Kier molecular flexibility index (Phi) is 3.63. The van der Waals surface area contributed by atoms with Crippen molar-refractivity contribution >= 4 is 0 Å². The Bertz CT molecular complexity index is 564. The molecule has 0 radical (unpaired) electrons. The molecule has 0 bridgehead atoms. The molecule has 0 amide bonds. The SMILES string of the molecule is CC12CC[C@H]3C(CCC4C[C@H](O)CCC43CO)C1CC=C2C#N. The predicted molar refractivity (Wildman–Crippen MR) is 88.2 cm³/mol. The maximum atomic E-state index is 10.4. The van der Waals surface area contributed by atoms with Gasteiger partial charge in [0.05, 0.1) is 12.2 Å². The highest BCUT2D eigenvalue weighted by Gasteiger charge is 2.60. The van der Waals surface area contributed by atoms with Crippen molar-refractivity contribution in [1.29, 1.82) is 5.26 Å². The average Bonchev–Trinajstić information content (AvgIpc) is 2.90. The molecule has 126 valence electrons. The van der Waals surface area contributed by atoms with Crippen LogP contribution in [0.25, 0.3) is 0 Å². The van der Waals surface area contributed by atoms with Crippen LogP contribution in [0.3, 0.4) is 0 Å². The first-order chi connectivity index (χ1) is 11.0. The number of hydrogen-bond acceptors (Lipinski definition) is 3. The second-order valence-corrected chi connectivity index (χ2v) is 8.89. The highest BCUT2D eigenvalue weighted by Crippen LogP contribution is 2.66. The fourth-order valence-electron chi connectivity index (χ4n) is 7.08. The predicted octanol–water partition coefficient (Wildman–Crippen LogP) is 3.42. The van der Waals surface area contributed by atoms with Crippen molar-refractivity contribution in [2.75, 3.05) is 6.61 Å². The highest BCUT2D eigenvalue weighted by atomic mass is 16.3. The van der Waals surface area contributed by atoms with Crippen molar-refractivity contribution in [3.8, 4) is 6.07 Å². The molecular weight excluding hydrogens is 286 g/mol. The molecule has 0 aliphatic heterocycles. The van der Waals surface area contributed by atoms with Crippen molar-refractivity contribution < 1.29 is 10.2 Å². The second kappa shape index (κ2) is 5.33. The molecule has 4 aliphatic rings. The van der Waals surface area contributed by atoms with E-state index in [2.05, 4.69) is 19.1 Å². The lowest BCUT2D eigenvalue weighted by Crippen LogP contribution is -2.56. The lowest BCUT2D eigenvalue weighted by molar-refractivity contribution is -0.146. The van der Waals surface area contributed by atoms with Gasteiger partial charge in [-0.25, -0.2) is 0 Å². The Balaban J connectivity index is 1.66. The van der Waals surface area contributed by atoms with Crippen LogP contribution in [-0.4, -0.2) is 22.9 Å². The van der Waals surface area contributed by atoms with Crippen LogP contribution in [0, 0.1) is 45.8 Å². The van der Waals surface area contributed by atoms with E-state index in [4.69, 9.17) is 0 Å². The number of aliphatic hydroxyl groups is 2. The summed E-state index contributed by atoms with van der Waals surface area (Å²) in [4.78, 5) is 0. The maximum Gasteiger partial charge on any atom is 0.0949 e. The standard InChI is InChI=1S/C20H29NO2/c1-19-8-7-18-16(17(19)5-3-14(19)11-21)4-2-13-10-15(23)6-9-20(13,18)12-22/h3,13,15-18,22-23H,2,4-10,12H2,1H3/t13?,15-,16?,17?,18+,19?,20?/m1/s1. The summed E-state index contributed by atoms with van der Waals surface area (Å²) in [5.74, 6) is 2.32. The van der Waals surface area contributed by atoms with E-state index in [0.717, 1.165) is 50.5 Å². The number of hydrogen-bond donors (Lipinski definition) is 2. The quantitative estimate of drug-likeness (QED) is 0.779. The van der Waals surface area contributed by atoms with Gasteiger partial charge in [0.1, 0.15) is 0 Å². The lowest BCUT2D eigenvalue weighted by atomic mass is 9.44.